The molecule has 1 heterocycles. The summed E-state index contributed by atoms with van der Waals surface area (Å²) in [6, 6.07) is 6.07. The summed E-state index contributed by atoms with van der Waals surface area (Å²) in [6.45, 7) is 3.06. The Labute approximate surface area is 123 Å². The van der Waals surface area contributed by atoms with Crippen molar-refractivity contribution in [2.75, 3.05) is 32.7 Å². The molecule has 2 rings (SSSR count). The van der Waals surface area contributed by atoms with E-state index in [2.05, 4.69) is 0 Å². The molecule has 1 saturated heterocycles. The lowest BCUT2D eigenvalue weighted by Crippen LogP contribution is -2.49. The SMILES string of the molecule is O=C(O)CCN1CCN(C(=O)Cc2cccc(F)c2)CC1. The lowest BCUT2D eigenvalue weighted by Gasteiger charge is -2.34. The lowest BCUT2D eigenvalue weighted by atomic mass is 10.1. The highest BCUT2D eigenvalue weighted by Gasteiger charge is 2.21. The minimum Gasteiger partial charge on any atom is -0.481 e. The van der Waals surface area contributed by atoms with Gasteiger partial charge in [-0.05, 0) is 17.7 Å². The molecular weight excluding hydrogens is 275 g/mol. The minimum absolute atomic E-state index is 0.0153. The number of rotatable bonds is 5. The second-order valence-corrected chi connectivity index (χ2v) is 5.17. The normalized spacial score (nSPS) is 16.0. The van der Waals surface area contributed by atoms with E-state index in [0.29, 0.717) is 38.3 Å². The van der Waals surface area contributed by atoms with Crippen LogP contribution in [0.5, 0.6) is 0 Å². The first-order valence-electron chi connectivity index (χ1n) is 7.01. The van der Waals surface area contributed by atoms with Crippen LogP contribution >= 0.6 is 0 Å². The van der Waals surface area contributed by atoms with E-state index in [1.54, 1.807) is 17.0 Å². The number of nitrogens with zero attached hydrogens (tertiary/aromatic N) is 2. The molecule has 1 aromatic carbocycles. The number of aliphatic carboxylic acids is 1. The van der Waals surface area contributed by atoms with Crippen molar-refractivity contribution in [3.8, 4) is 0 Å². The van der Waals surface area contributed by atoms with E-state index in [9.17, 15) is 14.0 Å². The van der Waals surface area contributed by atoms with Crippen LogP contribution in [0.25, 0.3) is 0 Å². The maximum Gasteiger partial charge on any atom is 0.304 e. The van der Waals surface area contributed by atoms with Crippen LogP contribution in [0.15, 0.2) is 24.3 Å². The molecule has 0 aliphatic carbocycles. The van der Waals surface area contributed by atoms with Crippen LogP contribution < -0.4 is 0 Å². The van der Waals surface area contributed by atoms with Gasteiger partial charge in [0.1, 0.15) is 5.82 Å². The number of carbonyl (C=O) groups excluding carboxylic acids is 1. The largest absolute Gasteiger partial charge is 0.481 e. The number of hydrogen-bond acceptors (Lipinski definition) is 3. The second kappa shape index (κ2) is 7.17. The van der Waals surface area contributed by atoms with Crippen molar-refractivity contribution < 1.29 is 19.1 Å². The van der Waals surface area contributed by atoms with Gasteiger partial charge < -0.3 is 10.0 Å². The first-order chi connectivity index (χ1) is 10.0. The molecule has 0 unspecified atom stereocenters. The van der Waals surface area contributed by atoms with Crippen LogP contribution in [-0.4, -0.2) is 59.5 Å². The van der Waals surface area contributed by atoms with Crippen molar-refractivity contribution in [2.45, 2.75) is 12.8 Å². The van der Waals surface area contributed by atoms with Crippen LogP contribution in [0.1, 0.15) is 12.0 Å². The average molecular weight is 294 g/mol. The van der Waals surface area contributed by atoms with Crippen molar-refractivity contribution in [1.82, 2.24) is 9.80 Å². The van der Waals surface area contributed by atoms with Gasteiger partial charge >= 0.3 is 5.97 Å². The average Bonchev–Trinajstić information content (AvgIpc) is 2.45. The molecular formula is C15H19FN2O3. The zero-order chi connectivity index (χ0) is 15.2. The molecule has 0 aromatic heterocycles. The summed E-state index contributed by atoms with van der Waals surface area (Å²) in [7, 11) is 0. The number of benzene rings is 1. The van der Waals surface area contributed by atoms with Gasteiger partial charge in [-0.25, -0.2) is 4.39 Å². The summed E-state index contributed by atoms with van der Waals surface area (Å²) < 4.78 is 13.1. The topological polar surface area (TPSA) is 60.9 Å². The van der Waals surface area contributed by atoms with E-state index in [1.807, 2.05) is 4.90 Å². The summed E-state index contributed by atoms with van der Waals surface area (Å²) in [5.74, 6) is -1.16. The van der Waals surface area contributed by atoms with Crippen LogP contribution in [0.2, 0.25) is 0 Å². The Morgan fingerprint density at radius 2 is 1.90 bits per heavy atom. The fraction of sp³-hybridized carbons (Fsp3) is 0.467. The highest BCUT2D eigenvalue weighted by molar-refractivity contribution is 5.78. The first kappa shape index (κ1) is 15.4. The van der Waals surface area contributed by atoms with E-state index in [4.69, 9.17) is 5.11 Å². The Kier molecular flexibility index (Phi) is 5.27. The van der Waals surface area contributed by atoms with Crippen LogP contribution in [0.3, 0.4) is 0 Å². The summed E-state index contributed by atoms with van der Waals surface area (Å²) in [6.07, 6.45) is 0.324. The van der Waals surface area contributed by atoms with Crippen LogP contribution in [-0.2, 0) is 16.0 Å². The molecule has 6 heteroatoms. The molecule has 1 aliphatic rings. The quantitative estimate of drug-likeness (QED) is 0.879. The molecule has 1 aromatic rings. The van der Waals surface area contributed by atoms with E-state index in [-0.39, 0.29) is 24.6 Å². The molecule has 114 valence electrons. The number of carboxylic acid groups (broad SMARTS) is 1. The Hall–Kier alpha value is -1.95. The van der Waals surface area contributed by atoms with Gasteiger partial charge in [-0.2, -0.15) is 0 Å². The maximum atomic E-state index is 13.1. The predicted octanol–water partition coefficient (Wildman–Crippen LogP) is 0.987. The monoisotopic (exact) mass is 294 g/mol. The summed E-state index contributed by atoms with van der Waals surface area (Å²) in [4.78, 5) is 26.5. The van der Waals surface area contributed by atoms with Crippen molar-refractivity contribution in [2.24, 2.45) is 0 Å². The van der Waals surface area contributed by atoms with Crippen molar-refractivity contribution in [3.05, 3.63) is 35.6 Å². The highest BCUT2D eigenvalue weighted by Crippen LogP contribution is 2.09. The van der Waals surface area contributed by atoms with Crippen LogP contribution in [0, 0.1) is 5.82 Å². The van der Waals surface area contributed by atoms with Gasteiger partial charge in [-0.3, -0.25) is 14.5 Å². The zero-order valence-corrected chi connectivity index (χ0v) is 11.8. The fourth-order valence-corrected chi connectivity index (χ4v) is 2.41. The van der Waals surface area contributed by atoms with Crippen molar-refractivity contribution in [1.29, 1.82) is 0 Å². The third-order valence-corrected chi connectivity index (χ3v) is 3.61. The van der Waals surface area contributed by atoms with Gasteiger partial charge in [-0.1, -0.05) is 12.1 Å². The molecule has 5 nitrogen and oxygen atoms in total. The highest BCUT2D eigenvalue weighted by atomic mass is 19.1. The molecule has 0 saturated carbocycles. The molecule has 0 bridgehead atoms. The fourth-order valence-electron chi connectivity index (χ4n) is 2.41. The second-order valence-electron chi connectivity index (χ2n) is 5.17. The van der Waals surface area contributed by atoms with Gasteiger partial charge in [0.2, 0.25) is 5.91 Å². The third-order valence-electron chi connectivity index (χ3n) is 3.61. The molecule has 0 radical (unpaired) electrons. The number of carboxylic acids is 1. The smallest absolute Gasteiger partial charge is 0.304 e. The Morgan fingerprint density at radius 3 is 2.52 bits per heavy atom. The van der Waals surface area contributed by atoms with Crippen LogP contribution in [0.4, 0.5) is 4.39 Å². The predicted molar refractivity (Wildman–Crippen MR) is 75.4 cm³/mol. The number of amides is 1. The minimum atomic E-state index is -0.806. The number of piperazine rings is 1. The van der Waals surface area contributed by atoms with Crippen molar-refractivity contribution in [3.63, 3.8) is 0 Å². The molecule has 1 N–H and O–H groups in total. The van der Waals surface area contributed by atoms with E-state index >= 15 is 0 Å². The van der Waals surface area contributed by atoms with E-state index in [1.165, 1.54) is 12.1 Å². The summed E-state index contributed by atoms with van der Waals surface area (Å²) in [5, 5.41) is 8.65. The van der Waals surface area contributed by atoms with E-state index in [0.717, 1.165) is 0 Å². The van der Waals surface area contributed by atoms with Gasteiger partial charge in [0.15, 0.2) is 0 Å². The number of halogens is 1. The molecule has 1 fully saturated rings. The summed E-state index contributed by atoms with van der Waals surface area (Å²) >= 11 is 0. The molecule has 0 spiro atoms. The zero-order valence-electron chi connectivity index (χ0n) is 11.8. The maximum absolute atomic E-state index is 13.1. The standard InChI is InChI=1S/C15H19FN2O3/c16-13-3-1-2-12(10-13)11-14(19)18-8-6-17(7-9-18)5-4-15(20)21/h1-3,10H,4-9,11H2,(H,20,21). The molecule has 1 aliphatic heterocycles. The van der Waals surface area contributed by atoms with E-state index < -0.39 is 5.97 Å². The van der Waals surface area contributed by atoms with Crippen molar-refractivity contribution >= 4 is 11.9 Å². The Bertz CT molecular complexity index is 513. The summed E-state index contributed by atoms with van der Waals surface area (Å²) in [5.41, 5.74) is 0.674. The van der Waals surface area contributed by atoms with Gasteiger partial charge in [0.25, 0.3) is 0 Å². The third kappa shape index (κ3) is 4.82. The molecule has 1 amide bonds. The molecule has 21 heavy (non-hydrogen) atoms. The molecule has 0 atom stereocenters. The van der Waals surface area contributed by atoms with Gasteiger partial charge in [0, 0.05) is 32.7 Å². The lowest BCUT2D eigenvalue weighted by molar-refractivity contribution is -0.138. The first-order valence-corrected chi connectivity index (χ1v) is 7.01. The number of hydrogen-bond donors (Lipinski definition) is 1. The van der Waals surface area contributed by atoms with Gasteiger partial charge in [0.05, 0.1) is 12.8 Å². The number of carbonyl (C=O) groups is 2. The Morgan fingerprint density at radius 1 is 1.19 bits per heavy atom. The van der Waals surface area contributed by atoms with Gasteiger partial charge in [-0.15, -0.1) is 0 Å². The Balaban J connectivity index is 1.79.